The van der Waals surface area contributed by atoms with E-state index in [1.165, 1.54) is 6.92 Å². The maximum Gasteiger partial charge on any atom is 0.248 e. The first kappa shape index (κ1) is 12.2. The molecule has 1 aliphatic rings. The van der Waals surface area contributed by atoms with Gasteiger partial charge in [-0.25, -0.2) is 8.78 Å². The first-order valence-corrected chi connectivity index (χ1v) is 5.96. The molecule has 0 N–H and O–H groups in total. The van der Waals surface area contributed by atoms with Crippen LogP contribution in [0.3, 0.4) is 0 Å². The van der Waals surface area contributed by atoms with Crippen LogP contribution in [0.15, 0.2) is 24.3 Å². The summed E-state index contributed by atoms with van der Waals surface area (Å²) in [6.07, 6.45) is 0.369. The molecule has 1 nitrogen and oxygen atoms in total. The van der Waals surface area contributed by atoms with Crippen molar-refractivity contribution < 1.29 is 13.6 Å². The number of ketones is 1. The van der Waals surface area contributed by atoms with Gasteiger partial charge < -0.3 is 0 Å². The van der Waals surface area contributed by atoms with E-state index in [4.69, 9.17) is 0 Å². The van der Waals surface area contributed by atoms with Crippen LogP contribution in [-0.2, 0) is 5.41 Å². The highest BCUT2D eigenvalue weighted by molar-refractivity contribution is 5.94. The molecule has 0 heterocycles. The number of rotatable bonds is 3. The maximum atomic E-state index is 13.3. The lowest BCUT2D eigenvalue weighted by molar-refractivity contribution is 0.0521. The summed E-state index contributed by atoms with van der Waals surface area (Å²) < 4.78 is 26.7. The average Bonchev–Trinajstić information content (AvgIpc) is 2.79. The molecule has 2 rings (SSSR count). The summed E-state index contributed by atoms with van der Waals surface area (Å²) in [5, 5.41) is 0. The molecule has 0 aliphatic heterocycles. The minimum absolute atomic E-state index is 0.0748. The van der Waals surface area contributed by atoms with Crippen LogP contribution in [0.4, 0.5) is 8.78 Å². The molecule has 1 aliphatic carbocycles. The van der Waals surface area contributed by atoms with Crippen LogP contribution in [0, 0.1) is 0 Å². The van der Waals surface area contributed by atoms with Crippen LogP contribution in [0.25, 0.3) is 0 Å². The van der Waals surface area contributed by atoms with Gasteiger partial charge in [0.05, 0.1) is 5.41 Å². The van der Waals surface area contributed by atoms with Gasteiger partial charge in [-0.15, -0.1) is 0 Å². The van der Waals surface area contributed by atoms with E-state index in [9.17, 15) is 13.6 Å². The maximum absolute atomic E-state index is 13.3. The zero-order valence-corrected chi connectivity index (χ0v) is 9.88. The third-order valence-electron chi connectivity index (χ3n) is 3.76. The summed E-state index contributed by atoms with van der Waals surface area (Å²) in [7, 11) is 0. The van der Waals surface area contributed by atoms with Crippen molar-refractivity contribution in [1.29, 1.82) is 0 Å². The Bertz CT molecular complexity index is 420. The van der Waals surface area contributed by atoms with Crippen LogP contribution in [-0.4, -0.2) is 12.2 Å². The summed E-state index contributed by atoms with van der Waals surface area (Å²) >= 11 is 0. The molecule has 0 aromatic heterocycles. The minimum atomic E-state index is -2.35. The Hall–Kier alpha value is -1.25. The Morgan fingerprint density at radius 2 is 1.94 bits per heavy atom. The number of hydrogen-bond donors (Lipinski definition) is 0. The Morgan fingerprint density at radius 3 is 2.47 bits per heavy atom. The number of carbonyl (C=O) groups is 1. The number of halogens is 2. The molecule has 0 radical (unpaired) electrons. The second-order valence-electron chi connectivity index (χ2n) is 4.80. The second-order valence-corrected chi connectivity index (χ2v) is 4.80. The Kier molecular flexibility index (Phi) is 3.27. The Balaban J connectivity index is 2.43. The van der Waals surface area contributed by atoms with E-state index in [0.29, 0.717) is 24.0 Å². The third kappa shape index (κ3) is 2.11. The molecule has 1 aromatic rings. The largest absolute Gasteiger partial charge is 0.295 e. The van der Waals surface area contributed by atoms with Crippen molar-refractivity contribution in [2.75, 3.05) is 0 Å². The predicted octanol–water partition coefficient (Wildman–Crippen LogP) is 3.97. The van der Waals surface area contributed by atoms with Gasteiger partial charge in [0, 0.05) is 5.56 Å². The van der Waals surface area contributed by atoms with E-state index >= 15 is 0 Å². The molecule has 0 unspecified atom stereocenters. The van der Waals surface area contributed by atoms with Crippen molar-refractivity contribution in [3.05, 3.63) is 35.4 Å². The lowest BCUT2D eigenvalue weighted by atomic mass is 9.78. The van der Waals surface area contributed by atoms with Crippen molar-refractivity contribution in [3.8, 4) is 0 Å². The van der Waals surface area contributed by atoms with Gasteiger partial charge in [0.15, 0.2) is 5.78 Å². The van der Waals surface area contributed by atoms with Gasteiger partial charge in [-0.1, -0.05) is 31.0 Å². The quantitative estimate of drug-likeness (QED) is 0.728. The van der Waals surface area contributed by atoms with Crippen LogP contribution in [0.5, 0.6) is 0 Å². The Labute approximate surface area is 99.8 Å². The van der Waals surface area contributed by atoms with Gasteiger partial charge in [0.1, 0.15) is 0 Å². The Morgan fingerprint density at radius 1 is 1.29 bits per heavy atom. The van der Waals surface area contributed by atoms with Gasteiger partial charge in [0.25, 0.3) is 0 Å². The summed E-state index contributed by atoms with van der Waals surface area (Å²) in [6, 6.07) is 6.75. The van der Waals surface area contributed by atoms with Gasteiger partial charge in [-0.3, -0.25) is 4.79 Å². The van der Waals surface area contributed by atoms with Crippen molar-refractivity contribution in [2.24, 2.45) is 0 Å². The molecular weight excluding hydrogens is 222 g/mol. The van der Waals surface area contributed by atoms with Crippen molar-refractivity contribution in [3.63, 3.8) is 0 Å². The number of alkyl halides is 2. The normalized spacial score (nSPS) is 18.6. The summed E-state index contributed by atoms with van der Waals surface area (Å²) in [5.41, 5.74) is 0.123. The number of Topliss-reactive ketones (excluding diaryl/α,β-unsaturated/α-hetero) is 1. The molecule has 0 saturated heterocycles. The number of hydrogen-bond acceptors (Lipinski definition) is 1. The van der Waals surface area contributed by atoms with Crippen molar-refractivity contribution in [1.82, 2.24) is 0 Å². The average molecular weight is 238 g/mol. The van der Waals surface area contributed by atoms with Crippen molar-refractivity contribution >= 4 is 5.78 Å². The number of carbonyl (C=O) groups excluding carboxylic acids is 1. The highest BCUT2D eigenvalue weighted by atomic mass is 19.3. The van der Waals surface area contributed by atoms with Crippen LogP contribution in [0.2, 0.25) is 0 Å². The predicted molar refractivity (Wildman–Crippen MR) is 62.6 cm³/mol. The van der Waals surface area contributed by atoms with Crippen molar-refractivity contribution in [2.45, 2.75) is 44.4 Å². The fraction of sp³-hybridized carbons (Fsp3) is 0.500. The third-order valence-corrected chi connectivity index (χ3v) is 3.76. The van der Waals surface area contributed by atoms with Gasteiger partial charge in [-0.05, 0) is 31.4 Å². The van der Waals surface area contributed by atoms with E-state index in [1.807, 2.05) is 0 Å². The van der Waals surface area contributed by atoms with E-state index < -0.39 is 11.8 Å². The fourth-order valence-electron chi connectivity index (χ4n) is 2.69. The first-order valence-electron chi connectivity index (χ1n) is 5.96. The van der Waals surface area contributed by atoms with E-state index in [1.54, 1.807) is 24.3 Å². The summed E-state index contributed by atoms with van der Waals surface area (Å²) in [5.74, 6) is -0.0748. The first-order chi connectivity index (χ1) is 8.06. The highest BCUT2D eigenvalue weighted by Crippen LogP contribution is 2.45. The minimum Gasteiger partial charge on any atom is -0.295 e. The van der Waals surface area contributed by atoms with Crippen LogP contribution in [0.1, 0.15) is 48.5 Å². The van der Waals surface area contributed by atoms with E-state index in [0.717, 1.165) is 12.8 Å². The summed E-state index contributed by atoms with van der Waals surface area (Å²) in [4.78, 5) is 11.3. The molecule has 0 atom stereocenters. The fourth-order valence-corrected chi connectivity index (χ4v) is 2.69. The highest BCUT2D eigenvalue weighted by Gasteiger charge is 2.43. The standard InChI is InChI=1S/C14H16F2O/c1-10(17)11-5-4-6-12(9-11)14(13(15)16)7-2-3-8-14/h4-6,9,13H,2-3,7-8H2,1H3. The molecule has 92 valence electrons. The molecule has 0 spiro atoms. The zero-order valence-electron chi connectivity index (χ0n) is 9.88. The smallest absolute Gasteiger partial charge is 0.248 e. The van der Waals surface area contributed by atoms with Crippen LogP contribution >= 0.6 is 0 Å². The molecule has 1 aromatic carbocycles. The second kappa shape index (κ2) is 4.55. The molecule has 0 amide bonds. The van der Waals surface area contributed by atoms with Gasteiger partial charge in [-0.2, -0.15) is 0 Å². The molecule has 1 fully saturated rings. The van der Waals surface area contributed by atoms with E-state index in [2.05, 4.69) is 0 Å². The summed E-state index contributed by atoms with van der Waals surface area (Å²) in [6.45, 7) is 1.46. The zero-order chi connectivity index (χ0) is 12.5. The van der Waals surface area contributed by atoms with Gasteiger partial charge >= 0.3 is 0 Å². The lowest BCUT2D eigenvalue weighted by Crippen LogP contribution is -2.31. The molecule has 0 bridgehead atoms. The molecule has 1 saturated carbocycles. The number of benzene rings is 1. The molecule has 17 heavy (non-hydrogen) atoms. The van der Waals surface area contributed by atoms with Gasteiger partial charge in [0.2, 0.25) is 6.43 Å². The van der Waals surface area contributed by atoms with Crippen LogP contribution < -0.4 is 0 Å². The topological polar surface area (TPSA) is 17.1 Å². The molecular formula is C14H16F2O. The monoisotopic (exact) mass is 238 g/mol. The lowest BCUT2D eigenvalue weighted by Gasteiger charge is -2.28. The SMILES string of the molecule is CC(=O)c1cccc(C2(C(F)F)CCCC2)c1. The van der Waals surface area contributed by atoms with E-state index in [-0.39, 0.29) is 5.78 Å². The molecule has 3 heteroatoms.